The van der Waals surface area contributed by atoms with Crippen LogP contribution in [0.15, 0.2) is 24.3 Å². The van der Waals surface area contributed by atoms with Gasteiger partial charge in [0.2, 0.25) is 5.91 Å². The molecule has 5 nitrogen and oxygen atoms in total. The van der Waals surface area contributed by atoms with Gasteiger partial charge in [0.1, 0.15) is 0 Å². The zero-order valence-electron chi connectivity index (χ0n) is 11.9. The third kappa shape index (κ3) is 4.30. The van der Waals surface area contributed by atoms with Gasteiger partial charge in [-0.3, -0.25) is 4.79 Å². The van der Waals surface area contributed by atoms with E-state index in [4.69, 9.17) is 9.47 Å². The third-order valence-corrected chi connectivity index (χ3v) is 3.34. The van der Waals surface area contributed by atoms with Crippen molar-refractivity contribution in [3.05, 3.63) is 35.4 Å². The number of fused-ring (bicyclic) bond motifs is 1. The average molecular weight is 278 g/mol. The molecule has 0 fully saturated rings. The van der Waals surface area contributed by atoms with Crippen molar-refractivity contribution in [3.8, 4) is 0 Å². The first-order chi connectivity index (χ1) is 9.81. The maximum atomic E-state index is 11.5. The zero-order chi connectivity index (χ0) is 14.2. The number of carbonyl (C=O) groups is 1. The topological polar surface area (TPSA) is 59.6 Å². The standard InChI is InChI=1S/C15H22N2O3/c1-19-9-7-17-15(18)11-16-10-14-13-5-3-2-4-12(13)6-8-20-14/h2-5,14,16H,6-11H2,1H3,(H,17,18). The van der Waals surface area contributed by atoms with Crippen molar-refractivity contribution in [2.75, 3.05) is 40.0 Å². The van der Waals surface area contributed by atoms with E-state index in [1.165, 1.54) is 11.1 Å². The van der Waals surface area contributed by atoms with E-state index < -0.39 is 0 Å². The first-order valence-corrected chi connectivity index (χ1v) is 6.97. The summed E-state index contributed by atoms with van der Waals surface area (Å²) < 4.78 is 10.6. The largest absolute Gasteiger partial charge is 0.383 e. The van der Waals surface area contributed by atoms with Gasteiger partial charge >= 0.3 is 0 Å². The van der Waals surface area contributed by atoms with Gasteiger partial charge in [-0.05, 0) is 17.5 Å². The molecule has 0 bridgehead atoms. The summed E-state index contributed by atoms with van der Waals surface area (Å²) in [5.74, 6) is -0.0221. The lowest BCUT2D eigenvalue weighted by molar-refractivity contribution is -0.120. The lowest BCUT2D eigenvalue weighted by atomic mass is 9.97. The van der Waals surface area contributed by atoms with E-state index in [0.29, 0.717) is 26.2 Å². The molecule has 20 heavy (non-hydrogen) atoms. The summed E-state index contributed by atoms with van der Waals surface area (Å²) in [5.41, 5.74) is 2.57. The Balaban J connectivity index is 1.74. The lowest BCUT2D eigenvalue weighted by Crippen LogP contribution is -2.38. The van der Waals surface area contributed by atoms with Gasteiger partial charge in [0.05, 0.1) is 25.9 Å². The minimum Gasteiger partial charge on any atom is -0.383 e. The fourth-order valence-corrected chi connectivity index (χ4v) is 2.32. The second kappa shape index (κ2) is 7.99. The first-order valence-electron chi connectivity index (χ1n) is 6.97. The van der Waals surface area contributed by atoms with Gasteiger partial charge in [-0.15, -0.1) is 0 Å². The van der Waals surface area contributed by atoms with Crippen molar-refractivity contribution in [2.45, 2.75) is 12.5 Å². The molecule has 0 saturated heterocycles. The molecule has 2 rings (SSSR count). The Bertz CT molecular complexity index is 437. The van der Waals surface area contributed by atoms with Gasteiger partial charge < -0.3 is 20.1 Å². The maximum Gasteiger partial charge on any atom is 0.234 e. The van der Waals surface area contributed by atoms with Crippen molar-refractivity contribution in [1.82, 2.24) is 10.6 Å². The molecule has 0 saturated carbocycles. The molecule has 1 aromatic carbocycles. The summed E-state index contributed by atoms with van der Waals surface area (Å²) >= 11 is 0. The van der Waals surface area contributed by atoms with Gasteiger partial charge in [-0.25, -0.2) is 0 Å². The van der Waals surface area contributed by atoms with Crippen molar-refractivity contribution < 1.29 is 14.3 Å². The van der Waals surface area contributed by atoms with Crippen LogP contribution in [-0.4, -0.2) is 45.9 Å². The predicted molar refractivity (Wildman–Crippen MR) is 76.6 cm³/mol. The van der Waals surface area contributed by atoms with E-state index in [1.807, 2.05) is 6.07 Å². The van der Waals surface area contributed by atoms with Gasteiger partial charge in [0.15, 0.2) is 0 Å². The van der Waals surface area contributed by atoms with Crippen molar-refractivity contribution >= 4 is 5.91 Å². The van der Waals surface area contributed by atoms with E-state index in [-0.39, 0.29) is 12.0 Å². The summed E-state index contributed by atoms with van der Waals surface area (Å²) in [6.07, 6.45) is 0.996. The van der Waals surface area contributed by atoms with Crippen LogP contribution in [0, 0.1) is 0 Å². The third-order valence-electron chi connectivity index (χ3n) is 3.34. The molecule has 0 aromatic heterocycles. The fourth-order valence-electron chi connectivity index (χ4n) is 2.32. The normalized spacial score (nSPS) is 17.6. The Labute approximate surface area is 119 Å². The molecule has 0 radical (unpaired) electrons. The van der Waals surface area contributed by atoms with E-state index in [9.17, 15) is 4.79 Å². The van der Waals surface area contributed by atoms with E-state index in [1.54, 1.807) is 7.11 Å². The van der Waals surface area contributed by atoms with Gasteiger partial charge in [-0.2, -0.15) is 0 Å². The van der Waals surface area contributed by atoms with Crippen LogP contribution in [0.1, 0.15) is 17.2 Å². The van der Waals surface area contributed by atoms with Crippen molar-refractivity contribution in [2.24, 2.45) is 0 Å². The molecule has 5 heteroatoms. The highest BCUT2D eigenvalue weighted by molar-refractivity contribution is 5.77. The van der Waals surface area contributed by atoms with Crippen LogP contribution in [0.4, 0.5) is 0 Å². The smallest absolute Gasteiger partial charge is 0.234 e. The average Bonchev–Trinajstić information content (AvgIpc) is 2.48. The molecule has 0 aliphatic carbocycles. The Hall–Kier alpha value is -1.43. The summed E-state index contributed by atoms with van der Waals surface area (Å²) in [6.45, 7) is 2.76. The molecule has 110 valence electrons. The number of rotatable bonds is 7. The molecule has 1 aliphatic rings. The SMILES string of the molecule is COCCNC(=O)CNCC1OCCc2ccccc21. The van der Waals surface area contributed by atoms with Crippen LogP contribution in [0.5, 0.6) is 0 Å². The molecule has 1 aliphatic heterocycles. The molecule has 1 unspecified atom stereocenters. The van der Waals surface area contributed by atoms with Gasteiger partial charge in [-0.1, -0.05) is 24.3 Å². The second-order valence-electron chi connectivity index (χ2n) is 4.78. The molecule has 2 N–H and O–H groups in total. The van der Waals surface area contributed by atoms with E-state index in [0.717, 1.165) is 13.0 Å². The number of carbonyl (C=O) groups excluding carboxylic acids is 1. The number of ether oxygens (including phenoxy) is 2. The maximum absolute atomic E-state index is 11.5. The zero-order valence-corrected chi connectivity index (χ0v) is 11.9. The van der Waals surface area contributed by atoms with Crippen LogP contribution in [0.2, 0.25) is 0 Å². The quantitative estimate of drug-likeness (QED) is 0.719. The lowest BCUT2D eigenvalue weighted by Gasteiger charge is -2.26. The summed E-state index contributed by atoms with van der Waals surface area (Å²) in [6, 6.07) is 8.32. The van der Waals surface area contributed by atoms with Gasteiger partial charge in [0.25, 0.3) is 0 Å². The number of methoxy groups -OCH3 is 1. The Morgan fingerprint density at radius 2 is 2.30 bits per heavy atom. The molecule has 1 amide bonds. The van der Waals surface area contributed by atoms with Crippen LogP contribution in [0.25, 0.3) is 0 Å². The van der Waals surface area contributed by atoms with Gasteiger partial charge in [0, 0.05) is 20.2 Å². The van der Waals surface area contributed by atoms with Crippen molar-refractivity contribution in [1.29, 1.82) is 0 Å². The summed E-state index contributed by atoms with van der Waals surface area (Å²) in [5, 5.41) is 5.92. The molecule has 0 spiro atoms. The number of hydrogen-bond acceptors (Lipinski definition) is 4. The predicted octanol–water partition coefficient (Wildman–Crippen LogP) is 0.653. The Morgan fingerprint density at radius 1 is 1.45 bits per heavy atom. The summed E-state index contributed by atoms with van der Waals surface area (Å²) in [4.78, 5) is 11.5. The van der Waals surface area contributed by atoms with Crippen LogP contribution in [0.3, 0.4) is 0 Å². The summed E-state index contributed by atoms with van der Waals surface area (Å²) in [7, 11) is 1.61. The molecule has 1 heterocycles. The Kier molecular flexibility index (Phi) is 5.98. The number of amides is 1. The Morgan fingerprint density at radius 3 is 3.15 bits per heavy atom. The second-order valence-corrected chi connectivity index (χ2v) is 4.78. The van der Waals surface area contributed by atoms with Crippen LogP contribution in [-0.2, 0) is 20.7 Å². The minimum absolute atomic E-state index is 0.0221. The highest BCUT2D eigenvalue weighted by Crippen LogP contribution is 2.25. The van der Waals surface area contributed by atoms with Crippen LogP contribution < -0.4 is 10.6 Å². The van der Waals surface area contributed by atoms with Crippen molar-refractivity contribution in [3.63, 3.8) is 0 Å². The molecular weight excluding hydrogens is 256 g/mol. The minimum atomic E-state index is -0.0221. The highest BCUT2D eigenvalue weighted by atomic mass is 16.5. The number of hydrogen-bond donors (Lipinski definition) is 2. The number of nitrogens with one attached hydrogen (secondary N) is 2. The molecular formula is C15H22N2O3. The fraction of sp³-hybridized carbons (Fsp3) is 0.533. The first kappa shape index (κ1) is 15.0. The molecule has 1 atom stereocenters. The van der Waals surface area contributed by atoms with E-state index >= 15 is 0 Å². The highest BCUT2D eigenvalue weighted by Gasteiger charge is 2.19. The van der Waals surface area contributed by atoms with Crippen LogP contribution >= 0.6 is 0 Å². The number of benzene rings is 1. The molecule has 1 aromatic rings. The monoisotopic (exact) mass is 278 g/mol. The van der Waals surface area contributed by atoms with E-state index in [2.05, 4.69) is 28.8 Å².